The molecule has 0 saturated carbocycles. The van der Waals surface area contributed by atoms with Crippen LogP contribution in [0.25, 0.3) is 0 Å². The van der Waals surface area contributed by atoms with Crippen molar-refractivity contribution in [1.82, 2.24) is 20.0 Å². The minimum Gasteiger partial charge on any atom is -0.342 e. The van der Waals surface area contributed by atoms with Crippen molar-refractivity contribution >= 4 is 30.1 Å². The van der Waals surface area contributed by atoms with E-state index in [-0.39, 0.29) is 48.0 Å². The largest absolute Gasteiger partial charge is 0.342 e. The number of nitrogens with one attached hydrogen (secondary N) is 1. The Labute approximate surface area is 174 Å². The number of rotatable bonds is 4. The van der Waals surface area contributed by atoms with E-state index in [0.717, 1.165) is 58.3 Å². The van der Waals surface area contributed by atoms with E-state index in [1.54, 1.807) is 0 Å². The Hall–Kier alpha value is -1.34. The first-order chi connectivity index (χ1) is 13.0. The Kier molecular flexibility index (Phi) is 8.56. The zero-order chi connectivity index (χ0) is 19.4. The van der Waals surface area contributed by atoms with Crippen molar-refractivity contribution in [3.63, 3.8) is 0 Å². The van der Waals surface area contributed by atoms with Gasteiger partial charge in [-0.3, -0.25) is 14.4 Å². The molecule has 0 aromatic carbocycles. The van der Waals surface area contributed by atoms with Gasteiger partial charge in [0.25, 0.3) is 0 Å². The third kappa shape index (κ3) is 5.17. The van der Waals surface area contributed by atoms with Crippen molar-refractivity contribution in [2.75, 3.05) is 45.8 Å². The smallest absolute Gasteiger partial charge is 0.236 e. The van der Waals surface area contributed by atoms with Gasteiger partial charge in [-0.05, 0) is 32.1 Å². The number of likely N-dealkylation sites (tertiary alicyclic amines) is 2. The molecule has 7 nitrogen and oxygen atoms in total. The number of hydrogen-bond donors (Lipinski definition) is 1. The lowest BCUT2D eigenvalue weighted by Gasteiger charge is -2.43. The second-order valence-corrected chi connectivity index (χ2v) is 8.28. The zero-order valence-electron chi connectivity index (χ0n) is 17.2. The molecule has 160 valence electrons. The summed E-state index contributed by atoms with van der Waals surface area (Å²) in [5.41, 5.74) is 0. The molecule has 3 aliphatic heterocycles. The third-order valence-corrected chi connectivity index (χ3v) is 6.39. The fraction of sp³-hybridized carbons (Fsp3) is 0.850. The van der Waals surface area contributed by atoms with Crippen LogP contribution in [0, 0.1) is 11.8 Å². The molecule has 0 aromatic heterocycles. The van der Waals surface area contributed by atoms with Gasteiger partial charge >= 0.3 is 0 Å². The average Bonchev–Trinajstić information content (AvgIpc) is 2.72. The van der Waals surface area contributed by atoms with Gasteiger partial charge in [-0.25, -0.2) is 0 Å². The van der Waals surface area contributed by atoms with Crippen LogP contribution in [0.1, 0.15) is 46.0 Å². The molecule has 3 heterocycles. The number of piperazine rings is 1. The third-order valence-electron chi connectivity index (χ3n) is 6.39. The molecule has 0 bridgehead atoms. The molecule has 1 N–H and O–H groups in total. The molecule has 3 aliphatic rings. The SMILES string of the molecule is CCC(C)C(=O)N1CCCC(C(=O)N2CCCC(N3CCNCC3=O)C2)C1.Cl. The van der Waals surface area contributed by atoms with Crippen LogP contribution in [0.5, 0.6) is 0 Å². The number of amides is 3. The molecule has 8 heteroatoms. The summed E-state index contributed by atoms with van der Waals surface area (Å²) in [4.78, 5) is 43.7. The van der Waals surface area contributed by atoms with E-state index in [1.165, 1.54) is 0 Å². The first-order valence-corrected chi connectivity index (χ1v) is 10.6. The number of carbonyl (C=O) groups excluding carboxylic acids is 3. The molecule has 3 fully saturated rings. The Morgan fingerprint density at radius 3 is 2.54 bits per heavy atom. The number of halogens is 1. The number of piperidine rings is 2. The van der Waals surface area contributed by atoms with E-state index < -0.39 is 0 Å². The molecule has 0 aliphatic carbocycles. The van der Waals surface area contributed by atoms with Gasteiger partial charge in [-0.1, -0.05) is 13.8 Å². The molecule has 3 saturated heterocycles. The predicted octanol–water partition coefficient (Wildman–Crippen LogP) is 1.12. The summed E-state index contributed by atoms with van der Waals surface area (Å²) in [6, 6.07) is 0.138. The maximum atomic E-state index is 13.1. The second kappa shape index (κ2) is 10.4. The summed E-state index contributed by atoms with van der Waals surface area (Å²) in [6.07, 6.45) is 4.50. The van der Waals surface area contributed by atoms with Crippen LogP contribution in [-0.2, 0) is 14.4 Å². The van der Waals surface area contributed by atoms with Crippen molar-refractivity contribution in [2.24, 2.45) is 11.8 Å². The summed E-state index contributed by atoms with van der Waals surface area (Å²) in [6.45, 7) is 8.68. The van der Waals surface area contributed by atoms with E-state index in [9.17, 15) is 14.4 Å². The summed E-state index contributed by atoms with van der Waals surface area (Å²) in [5.74, 6) is 0.423. The average molecular weight is 415 g/mol. The fourth-order valence-corrected chi connectivity index (χ4v) is 4.54. The molecule has 3 amide bonds. The summed E-state index contributed by atoms with van der Waals surface area (Å²) < 4.78 is 0. The van der Waals surface area contributed by atoms with Gasteiger partial charge in [0, 0.05) is 51.2 Å². The van der Waals surface area contributed by atoms with Gasteiger partial charge in [-0.2, -0.15) is 0 Å². The van der Waals surface area contributed by atoms with E-state index in [0.29, 0.717) is 19.6 Å². The number of hydrogen-bond acceptors (Lipinski definition) is 4. The monoisotopic (exact) mass is 414 g/mol. The lowest BCUT2D eigenvalue weighted by molar-refractivity contribution is -0.146. The van der Waals surface area contributed by atoms with Crippen LogP contribution in [0.2, 0.25) is 0 Å². The molecule has 0 radical (unpaired) electrons. The molecule has 3 atom stereocenters. The quantitative estimate of drug-likeness (QED) is 0.748. The summed E-state index contributed by atoms with van der Waals surface area (Å²) in [5, 5.41) is 3.11. The standard InChI is InChI=1S/C20H34N4O3.ClH/c1-3-15(2)19(26)22-9-4-6-16(13-22)20(27)23-10-5-7-17(14-23)24-11-8-21-12-18(24)25;/h15-17,21H,3-14H2,1-2H3;1H. The summed E-state index contributed by atoms with van der Waals surface area (Å²) >= 11 is 0. The maximum Gasteiger partial charge on any atom is 0.236 e. The lowest BCUT2D eigenvalue weighted by atomic mass is 9.93. The second-order valence-electron chi connectivity index (χ2n) is 8.28. The van der Waals surface area contributed by atoms with Crippen molar-refractivity contribution in [3.05, 3.63) is 0 Å². The molecule has 0 spiro atoms. The van der Waals surface area contributed by atoms with Crippen LogP contribution in [0.3, 0.4) is 0 Å². The van der Waals surface area contributed by atoms with Crippen LogP contribution in [0.4, 0.5) is 0 Å². The molecule has 3 unspecified atom stereocenters. The van der Waals surface area contributed by atoms with Crippen LogP contribution < -0.4 is 5.32 Å². The van der Waals surface area contributed by atoms with E-state index in [1.807, 2.05) is 28.5 Å². The topological polar surface area (TPSA) is 73.0 Å². The fourth-order valence-electron chi connectivity index (χ4n) is 4.54. The Balaban J connectivity index is 0.00000280. The van der Waals surface area contributed by atoms with E-state index >= 15 is 0 Å². The van der Waals surface area contributed by atoms with Gasteiger partial charge in [0.05, 0.1) is 12.5 Å². The van der Waals surface area contributed by atoms with Gasteiger partial charge in [0.15, 0.2) is 0 Å². The highest BCUT2D eigenvalue weighted by Crippen LogP contribution is 2.24. The maximum absolute atomic E-state index is 13.1. The Bertz CT molecular complexity index is 574. The molecular weight excluding hydrogens is 380 g/mol. The van der Waals surface area contributed by atoms with Gasteiger partial charge in [-0.15, -0.1) is 12.4 Å². The summed E-state index contributed by atoms with van der Waals surface area (Å²) in [7, 11) is 0. The highest BCUT2D eigenvalue weighted by atomic mass is 35.5. The molecule has 28 heavy (non-hydrogen) atoms. The normalized spacial score (nSPS) is 27.2. The van der Waals surface area contributed by atoms with Crippen LogP contribution in [0.15, 0.2) is 0 Å². The minimum atomic E-state index is -0.0933. The first kappa shape index (κ1) is 22.9. The van der Waals surface area contributed by atoms with E-state index in [4.69, 9.17) is 0 Å². The highest BCUT2D eigenvalue weighted by Gasteiger charge is 2.36. The first-order valence-electron chi connectivity index (χ1n) is 10.6. The zero-order valence-corrected chi connectivity index (χ0v) is 18.0. The van der Waals surface area contributed by atoms with Crippen molar-refractivity contribution < 1.29 is 14.4 Å². The Morgan fingerprint density at radius 2 is 1.82 bits per heavy atom. The van der Waals surface area contributed by atoms with Crippen LogP contribution in [-0.4, -0.2) is 84.3 Å². The van der Waals surface area contributed by atoms with Gasteiger partial charge in [0.1, 0.15) is 0 Å². The van der Waals surface area contributed by atoms with Crippen molar-refractivity contribution in [2.45, 2.75) is 52.0 Å². The van der Waals surface area contributed by atoms with Gasteiger partial charge in [0.2, 0.25) is 17.7 Å². The highest BCUT2D eigenvalue weighted by molar-refractivity contribution is 5.85. The number of nitrogens with zero attached hydrogens (tertiary/aromatic N) is 3. The van der Waals surface area contributed by atoms with Gasteiger partial charge < -0.3 is 20.0 Å². The predicted molar refractivity (Wildman–Crippen MR) is 110 cm³/mol. The molecular formula is C20H35ClN4O3. The minimum absolute atomic E-state index is 0. The Morgan fingerprint density at radius 1 is 1.11 bits per heavy atom. The van der Waals surface area contributed by atoms with Crippen molar-refractivity contribution in [1.29, 1.82) is 0 Å². The molecule has 0 aromatic rings. The molecule has 3 rings (SSSR count). The van der Waals surface area contributed by atoms with Crippen LogP contribution >= 0.6 is 12.4 Å². The lowest BCUT2D eigenvalue weighted by Crippen LogP contribution is -2.58. The van der Waals surface area contributed by atoms with E-state index in [2.05, 4.69) is 5.32 Å². The van der Waals surface area contributed by atoms with Crippen molar-refractivity contribution in [3.8, 4) is 0 Å². The number of carbonyl (C=O) groups is 3.